The van der Waals surface area contributed by atoms with E-state index in [1.54, 1.807) is 0 Å². The Morgan fingerprint density at radius 3 is 1.53 bits per heavy atom. The summed E-state index contributed by atoms with van der Waals surface area (Å²) in [6.07, 6.45) is 4.34. The van der Waals surface area contributed by atoms with Crippen LogP contribution in [0.4, 0.5) is 17.1 Å². The third-order valence-corrected chi connectivity index (χ3v) is 6.68. The van der Waals surface area contributed by atoms with Crippen LogP contribution in [0.25, 0.3) is 33.7 Å². The predicted octanol–water partition coefficient (Wildman–Crippen LogP) is 9.94. The van der Waals surface area contributed by atoms with E-state index in [1.165, 1.54) is 43.9 Å². The zero-order chi connectivity index (χ0) is 24.3. The molecule has 6 aromatic rings. The van der Waals surface area contributed by atoms with Crippen LogP contribution in [0.15, 0.2) is 133 Å². The number of anilines is 3. The summed E-state index contributed by atoms with van der Waals surface area (Å²) in [4.78, 5) is 2.39. The SMILES string of the molecule is Cc1ccc(/C=C/c2ccc(N(c3ccccc3)c3c4ccccc4cc4ccccc34)cc2)cc1. The smallest absolute Gasteiger partial charge is 0.0618 e. The summed E-state index contributed by atoms with van der Waals surface area (Å²) in [5, 5.41) is 4.96. The molecule has 0 radical (unpaired) electrons. The molecule has 0 aromatic heterocycles. The highest BCUT2D eigenvalue weighted by Crippen LogP contribution is 2.43. The number of aryl methyl sites for hydroxylation is 1. The summed E-state index contributed by atoms with van der Waals surface area (Å²) >= 11 is 0. The maximum Gasteiger partial charge on any atom is 0.0618 e. The molecule has 0 fully saturated rings. The molecule has 172 valence electrons. The number of rotatable bonds is 5. The fourth-order valence-corrected chi connectivity index (χ4v) is 4.82. The number of para-hydroxylation sites is 1. The van der Waals surface area contributed by atoms with Gasteiger partial charge in [-0.25, -0.2) is 0 Å². The summed E-state index contributed by atoms with van der Waals surface area (Å²) in [6, 6.07) is 47.7. The molecule has 0 amide bonds. The highest BCUT2D eigenvalue weighted by Gasteiger charge is 2.18. The molecule has 0 heterocycles. The monoisotopic (exact) mass is 461 g/mol. The molecule has 0 bridgehead atoms. The molecule has 0 aliphatic carbocycles. The fourth-order valence-electron chi connectivity index (χ4n) is 4.82. The Morgan fingerprint density at radius 1 is 0.472 bits per heavy atom. The van der Waals surface area contributed by atoms with Crippen LogP contribution in [0.5, 0.6) is 0 Å². The van der Waals surface area contributed by atoms with Crippen molar-refractivity contribution in [2.24, 2.45) is 0 Å². The molecule has 36 heavy (non-hydrogen) atoms. The van der Waals surface area contributed by atoms with E-state index in [4.69, 9.17) is 0 Å². The lowest BCUT2D eigenvalue weighted by Gasteiger charge is -2.28. The Kier molecular flexibility index (Phi) is 5.81. The van der Waals surface area contributed by atoms with Gasteiger partial charge in [0.15, 0.2) is 0 Å². The number of hydrogen-bond donors (Lipinski definition) is 0. The van der Waals surface area contributed by atoms with Gasteiger partial charge in [-0.2, -0.15) is 0 Å². The van der Waals surface area contributed by atoms with Crippen molar-refractivity contribution >= 4 is 50.8 Å². The van der Waals surface area contributed by atoms with Crippen molar-refractivity contribution < 1.29 is 0 Å². The Hall–Kier alpha value is -4.62. The molecule has 0 aliphatic rings. The van der Waals surface area contributed by atoms with Gasteiger partial charge in [0, 0.05) is 22.1 Å². The van der Waals surface area contributed by atoms with Gasteiger partial charge in [0.25, 0.3) is 0 Å². The van der Waals surface area contributed by atoms with E-state index < -0.39 is 0 Å². The minimum absolute atomic E-state index is 1.13. The molecule has 0 N–H and O–H groups in total. The van der Waals surface area contributed by atoms with Gasteiger partial charge in [0.1, 0.15) is 0 Å². The minimum Gasteiger partial charge on any atom is -0.309 e. The Morgan fingerprint density at radius 2 is 0.944 bits per heavy atom. The molecule has 0 saturated carbocycles. The summed E-state index contributed by atoms with van der Waals surface area (Å²) in [5.41, 5.74) is 7.14. The second-order valence-corrected chi connectivity index (χ2v) is 9.17. The summed E-state index contributed by atoms with van der Waals surface area (Å²) in [7, 11) is 0. The summed E-state index contributed by atoms with van der Waals surface area (Å²) in [6.45, 7) is 2.11. The van der Waals surface area contributed by atoms with Gasteiger partial charge in [0.05, 0.1) is 5.69 Å². The molecule has 1 heteroatoms. The summed E-state index contributed by atoms with van der Waals surface area (Å²) in [5.74, 6) is 0. The third-order valence-electron chi connectivity index (χ3n) is 6.68. The van der Waals surface area contributed by atoms with Crippen molar-refractivity contribution in [2.45, 2.75) is 6.92 Å². The maximum atomic E-state index is 2.39. The standard InChI is InChI=1S/C35H27N/c1-26-15-17-27(18-16-26)19-20-28-21-23-32(24-22-28)36(31-11-3-2-4-12-31)35-33-13-7-5-9-29(33)25-30-10-6-8-14-34(30)35/h2-25H,1H3/b20-19+. The van der Waals surface area contributed by atoms with Gasteiger partial charge in [-0.1, -0.05) is 121 Å². The number of hydrogen-bond acceptors (Lipinski definition) is 1. The Balaban J connectivity index is 1.49. The predicted molar refractivity (Wildman–Crippen MR) is 156 cm³/mol. The highest BCUT2D eigenvalue weighted by atomic mass is 15.1. The van der Waals surface area contributed by atoms with Crippen molar-refractivity contribution in [1.29, 1.82) is 0 Å². The van der Waals surface area contributed by atoms with Crippen molar-refractivity contribution in [2.75, 3.05) is 4.90 Å². The first-order chi connectivity index (χ1) is 17.8. The quantitative estimate of drug-likeness (QED) is 0.182. The largest absolute Gasteiger partial charge is 0.309 e. The van der Waals surface area contributed by atoms with Gasteiger partial charge in [0.2, 0.25) is 0 Å². The molecule has 0 unspecified atom stereocenters. The van der Waals surface area contributed by atoms with Crippen LogP contribution in [0.2, 0.25) is 0 Å². The fraction of sp³-hybridized carbons (Fsp3) is 0.0286. The number of benzene rings is 6. The molecular formula is C35H27N. The second kappa shape index (κ2) is 9.56. The molecule has 6 rings (SSSR count). The first kappa shape index (κ1) is 21.9. The van der Waals surface area contributed by atoms with E-state index in [0.717, 1.165) is 11.4 Å². The molecular weight excluding hydrogens is 434 g/mol. The van der Waals surface area contributed by atoms with Crippen LogP contribution < -0.4 is 4.90 Å². The topological polar surface area (TPSA) is 3.24 Å². The van der Waals surface area contributed by atoms with Crippen molar-refractivity contribution in [3.8, 4) is 0 Å². The average Bonchev–Trinajstić information content (AvgIpc) is 2.94. The molecule has 0 aliphatic heterocycles. The highest BCUT2D eigenvalue weighted by molar-refractivity contribution is 6.14. The van der Waals surface area contributed by atoms with Crippen molar-refractivity contribution in [1.82, 2.24) is 0 Å². The van der Waals surface area contributed by atoms with Crippen LogP contribution in [0, 0.1) is 6.92 Å². The maximum absolute atomic E-state index is 2.39. The van der Waals surface area contributed by atoms with E-state index in [1.807, 2.05) is 0 Å². The summed E-state index contributed by atoms with van der Waals surface area (Å²) < 4.78 is 0. The van der Waals surface area contributed by atoms with Gasteiger partial charge >= 0.3 is 0 Å². The van der Waals surface area contributed by atoms with Crippen LogP contribution in [-0.2, 0) is 0 Å². The van der Waals surface area contributed by atoms with E-state index in [0.29, 0.717) is 0 Å². The molecule has 0 spiro atoms. The van der Waals surface area contributed by atoms with Crippen LogP contribution in [-0.4, -0.2) is 0 Å². The Bertz CT molecular complexity index is 1610. The lowest BCUT2D eigenvalue weighted by molar-refractivity contribution is 1.31. The van der Waals surface area contributed by atoms with Crippen LogP contribution in [0.3, 0.4) is 0 Å². The Labute approximate surface area is 212 Å². The molecule has 6 aromatic carbocycles. The lowest BCUT2D eigenvalue weighted by atomic mass is 9.99. The zero-order valence-corrected chi connectivity index (χ0v) is 20.3. The molecule has 0 atom stereocenters. The van der Waals surface area contributed by atoms with E-state index >= 15 is 0 Å². The van der Waals surface area contributed by atoms with Crippen LogP contribution >= 0.6 is 0 Å². The van der Waals surface area contributed by atoms with Crippen molar-refractivity contribution in [3.05, 3.63) is 150 Å². The van der Waals surface area contributed by atoms with Gasteiger partial charge < -0.3 is 4.90 Å². The van der Waals surface area contributed by atoms with Gasteiger partial charge in [-0.3, -0.25) is 0 Å². The zero-order valence-electron chi connectivity index (χ0n) is 20.3. The van der Waals surface area contributed by atoms with E-state index in [2.05, 4.69) is 157 Å². The normalized spacial score (nSPS) is 11.4. The van der Waals surface area contributed by atoms with E-state index in [-0.39, 0.29) is 0 Å². The van der Waals surface area contributed by atoms with Gasteiger partial charge in [-0.15, -0.1) is 0 Å². The lowest BCUT2D eigenvalue weighted by Crippen LogP contribution is -2.11. The van der Waals surface area contributed by atoms with E-state index in [9.17, 15) is 0 Å². The third kappa shape index (κ3) is 4.28. The molecule has 1 nitrogen and oxygen atoms in total. The van der Waals surface area contributed by atoms with Crippen LogP contribution in [0.1, 0.15) is 16.7 Å². The number of fused-ring (bicyclic) bond motifs is 2. The first-order valence-electron chi connectivity index (χ1n) is 12.4. The van der Waals surface area contributed by atoms with Crippen molar-refractivity contribution in [3.63, 3.8) is 0 Å². The first-order valence-corrected chi connectivity index (χ1v) is 12.4. The number of nitrogens with zero attached hydrogens (tertiary/aromatic N) is 1. The average molecular weight is 462 g/mol. The van der Waals surface area contributed by atoms with Gasteiger partial charge in [-0.05, 0) is 59.2 Å². The minimum atomic E-state index is 1.13. The second-order valence-electron chi connectivity index (χ2n) is 9.17. The molecule has 0 saturated heterocycles.